The number of benzene rings is 2. The molecule has 0 aliphatic heterocycles. The lowest BCUT2D eigenvalue weighted by Crippen LogP contribution is -2.39. The maximum absolute atomic E-state index is 13.7. The van der Waals surface area contributed by atoms with Crippen molar-refractivity contribution >= 4 is 29.9 Å². The molecule has 3 N–H and O–H groups in total. The average molecular weight is 461 g/mol. The fourth-order valence-corrected chi connectivity index (χ4v) is 2.15. The summed E-state index contributed by atoms with van der Waals surface area (Å²) in [5.41, 5.74) is 1.10. The van der Waals surface area contributed by atoms with Gasteiger partial charge in [-0.3, -0.25) is 0 Å². The third kappa shape index (κ3) is 6.95. The monoisotopic (exact) mass is 461 g/mol. The first kappa shape index (κ1) is 21.3. The Balaban J connectivity index is 0.00000312. The fourth-order valence-electron chi connectivity index (χ4n) is 2.15. The highest BCUT2D eigenvalue weighted by Gasteiger charge is 2.12. The van der Waals surface area contributed by atoms with Crippen molar-refractivity contribution in [2.75, 3.05) is 13.1 Å². The van der Waals surface area contributed by atoms with E-state index in [1.165, 1.54) is 18.2 Å². The maximum atomic E-state index is 13.7. The van der Waals surface area contributed by atoms with Crippen LogP contribution in [0.4, 0.5) is 8.78 Å². The lowest BCUT2D eigenvalue weighted by atomic mass is 10.1. The summed E-state index contributed by atoms with van der Waals surface area (Å²) < 4.78 is 26.5. The predicted octanol–water partition coefficient (Wildman–Crippen LogP) is 3.37. The fraction of sp³-hybridized carbons (Fsp3) is 0.278. The molecule has 2 aromatic carbocycles. The molecule has 25 heavy (non-hydrogen) atoms. The standard InChI is InChI=1S/C18H21F2N3O.HI/c1-2-21-18(22-11-13-7-9-14(19)10-8-13)23-12-17(24)15-5-3-4-6-16(15)20;/h3-10,17,24H,2,11-12H2,1H3,(H2,21,22,23);1H. The van der Waals surface area contributed by atoms with Gasteiger partial charge in [-0.15, -0.1) is 24.0 Å². The van der Waals surface area contributed by atoms with Gasteiger partial charge in [0.15, 0.2) is 5.96 Å². The number of aliphatic hydroxyl groups is 1. The number of guanidine groups is 1. The Bertz CT molecular complexity index is 680. The molecule has 0 saturated carbocycles. The van der Waals surface area contributed by atoms with Gasteiger partial charge in [-0.05, 0) is 30.7 Å². The largest absolute Gasteiger partial charge is 0.386 e. The molecule has 0 saturated heterocycles. The van der Waals surface area contributed by atoms with Crippen LogP contribution in [0.5, 0.6) is 0 Å². The van der Waals surface area contributed by atoms with Crippen molar-refractivity contribution in [2.24, 2.45) is 4.99 Å². The molecule has 0 bridgehead atoms. The number of rotatable bonds is 6. The van der Waals surface area contributed by atoms with Crippen molar-refractivity contribution in [3.8, 4) is 0 Å². The van der Waals surface area contributed by atoms with Crippen LogP contribution < -0.4 is 10.6 Å². The van der Waals surface area contributed by atoms with Crippen LogP contribution in [0.2, 0.25) is 0 Å². The highest BCUT2D eigenvalue weighted by atomic mass is 127. The molecule has 136 valence electrons. The molecule has 0 radical (unpaired) electrons. The normalized spacial score (nSPS) is 12.2. The molecule has 0 fully saturated rings. The van der Waals surface area contributed by atoms with E-state index in [1.54, 1.807) is 30.3 Å². The zero-order valence-electron chi connectivity index (χ0n) is 13.9. The Hall–Kier alpha value is -1.74. The minimum atomic E-state index is -0.985. The molecule has 7 heteroatoms. The molecule has 0 spiro atoms. The summed E-state index contributed by atoms with van der Waals surface area (Å²) in [6, 6.07) is 12.2. The van der Waals surface area contributed by atoms with Crippen molar-refractivity contribution < 1.29 is 13.9 Å². The number of aliphatic hydroxyl groups excluding tert-OH is 1. The van der Waals surface area contributed by atoms with Crippen LogP contribution >= 0.6 is 24.0 Å². The number of halogens is 3. The van der Waals surface area contributed by atoms with Gasteiger partial charge in [0, 0.05) is 18.7 Å². The molecular formula is C18H22F2IN3O. The zero-order chi connectivity index (χ0) is 17.4. The summed E-state index contributed by atoms with van der Waals surface area (Å²) in [4.78, 5) is 4.37. The van der Waals surface area contributed by atoms with Gasteiger partial charge in [0.1, 0.15) is 11.6 Å². The molecule has 1 unspecified atom stereocenters. The van der Waals surface area contributed by atoms with E-state index in [1.807, 2.05) is 6.92 Å². The highest BCUT2D eigenvalue weighted by Crippen LogP contribution is 2.15. The SMILES string of the molecule is CCNC(=NCc1ccc(F)cc1)NCC(O)c1ccccc1F.I. The van der Waals surface area contributed by atoms with Gasteiger partial charge in [0.25, 0.3) is 0 Å². The molecule has 2 rings (SSSR count). The van der Waals surface area contributed by atoms with Crippen LogP contribution in [-0.4, -0.2) is 24.2 Å². The summed E-state index contributed by atoms with van der Waals surface area (Å²) >= 11 is 0. The van der Waals surface area contributed by atoms with Gasteiger partial charge in [0.2, 0.25) is 0 Å². The summed E-state index contributed by atoms with van der Waals surface area (Å²) in [5.74, 6) is -0.238. The van der Waals surface area contributed by atoms with Crippen molar-refractivity contribution in [3.05, 3.63) is 71.3 Å². The second kappa shape index (κ2) is 11.0. The van der Waals surface area contributed by atoms with Crippen molar-refractivity contribution in [1.29, 1.82) is 0 Å². The van der Waals surface area contributed by atoms with Crippen LogP contribution in [0.25, 0.3) is 0 Å². The summed E-state index contributed by atoms with van der Waals surface area (Å²) in [6.07, 6.45) is -0.985. The number of nitrogens with one attached hydrogen (secondary N) is 2. The topological polar surface area (TPSA) is 56.7 Å². The molecular weight excluding hydrogens is 439 g/mol. The van der Waals surface area contributed by atoms with Crippen LogP contribution in [-0.2, 0) is 6.54 Å². The third-order valence-electron chi connectivity index (χ3n) is 3.40. The predicted molar refractivity (Wildman–Crippen MR) is 106 cm³/mol. The minimum absolute atomic E-state index is 0. The number of hydrogen-bond acceptors (Lipinski definition) is 2. The van der Waals surface area contributed by atoms with Crippen molar-refractivity contribution in [1.82, 2.24) is 10.6 Å². The van der Waals surface area contributed by atoms with Crippen LogP contribution in [0, 0.1) is 11.6 Å². The molecule has 0 aliphatic carbocycles. The Morgan fingerprint density at radius 3 is 2.40 bits per heavy atom. The highest BCUT2D eigenvalue weighted by molar-refractivity contribution is 14.0. The van der Waals surface area contributed by atoms with E-state index in [4.69, 9.17) is 0 Å². The van der Waals surface area contributed by atoms with E-state index in [-0.39, 0.29) is 41.9 Å². The van der Waals surface area contributed by atoms with E-state index in [9.17, 15) is 13.9 Å². The molecule has 0 amide bonds. The van der Waals surface area contributed by atoms with E-state index in [2.05, 4.69) is 15.6 Å². The summed E-state index contributed by atoms with van der Waals surface area (Å²) in [6.45, 7) is 3.05. The Labute approximate surface area is 163 Å². The number of nitrogens with zero attached hydrogens (tertiary/aromatic N) is 1. The number of aliphatic imine (C=N–C) groups is 1. The third-order valence-corrected chi connectivity index (χ3v) is 3.40. The zero-order valence-corrected chi connectivity index (χ0v) is 16.2. The first-order valence-electron chi connectivity index (χ1n) is 7.79. The van der Waals surface area contributed by atoms with Gasteiger partial charge in [-0.25, -0.2) is 13.8 Å². The Kier molecular flexibility index (Phi) is 9.36. The summed E-state index contributed by atoms with van der Waals surface area (Å²) in [7, 11) is 0. The molecule has 0 heterocycles. The van der Waals surface area contributed by atoms with Gasteiger partial charge < -0.3 is 15.7 Å². The first-order chi connectivity index (χ1) is 11.6. The van der Waals surface area contributed by atoms with E-state index >= 15 is 0 Å². The summed E-state index contributed by atoms with van der Waals surface area (Å²) in [5, 5.41) is 16.1. The second-order valence-electron chi connectivity index (χ2n) is 5.24. The Morgan fingerprint density at radius 2 is 1.76 bits per heavy atom. The lowest BCUT2D eigenvalue weighted by molar-refractivity contribution is 0.176. The van der Waals surface area contributed by atoms with E-state index < -0.39 is 11.9 Å². The van der Waals surface area contributed by atoms with Crippen molar-refractivity contribution in [2.45, 2.75) is 19.6 Å². The number of hydrogen-bond donors (Lipinski definition) is 3. The lowest BCUT2D eigenvalue weighted by Gasteiger charge is -2.16. The van der Waals surface area contributed by atoms with Gasteiger partial charge >= 0.3 is 0 Å². The van der Waals surface area contributed by atoms with Gasteiger partial charge in [-0.2, -0.15) is 0 Å². The van der Waals surface area contributed by atoms with Gasteiger partial charge in [0.05, 0.1) is 12.6 Å². The molecule has 0 aromatic heterocycles. The quantitative estimate of drug-likeness (QED) is 0.352. The van der Waals surface area contributed by atoms with Crippen LogP contribution in [0.15, 0.2) is 53.5 Å². The van der Waals surface area contributed by atoms with E-state index in [0.29, 0.717) is 19.0 Å². The second-order valence-corrected chi connectivity index (χ2v) is 5.24. The van der Waals surface area contributed by atoms with Crippen LogP contribution in [0.3, 0.4) is 0 Å². The van der Waals surface area contributed by atoms with Gasteiger partial charge in [-0.1, -0.05) is 30.3 Å². The molecule has 2 aromatic rings. The van der Waals surface area contributed by atoms with E-state index in [0.717, 1.165) is 5.56 Å². The average Bonchev–Trinajstić information content (AvgIpc) is 2.59. The smallest absolute Gasteiger partial charge is 0.191 e. The Morgan fingerprint density at radius 1 is 1.08 bits per heavy atom. The van der Waals surface area contributed by atoms with Crippen LogP contribution in [0.1, 0.15) is 24.2 Å². The molecule has 0 aliphatic rings. The molecule has 1 atom stereocenters. The molecule has 4 nitrogen and oxygen atoms in total. The minimum Gasteiger partial charge on any atom is -0.386 e. The first-order valence-corrected chi connectivity index (χ1v) is 7.79. The maximum Gasteiger partial charge on any atom is 0.191 e. The van der Waals surface area contributed by atoms with Crippen molar-refractivity contribution in [3.63, 3.8) is 0 Å².